The van der Waals surface area contributed by atoms with Gasteiger partial charge in [0.2, 0.25) is 0 Å². The summed E-state index contributed by atoms with van der Waals surface area (Å²) in [5.74, 6) is 0.378. The first-order valence-corrected chi connectivity index (χ1v) is 7.42. The largest absolute Gasteiger partial charge is 0.508 e. The minimum absolute atomic E-state index is 0.145. The third-order valence-electron chi connectivity index (χ3n) is 3.82. The molecule has 0 bridgehead atoms. The van der Waals surface area contributed by atoms with Crippen LogP contribution in [0.5, 0.6) is 5.75 Å². The molecule has 1 saturated heterocycles. The minimum atomic E-state index is 0.145. The lowest BCUT2D eigenvalue weighted by Crippen LogP contribution is -2.44. The number of nitrogens with zero attached hydrogens (tertiary/aromatic N) is 1. The highest BCUT2D eigenvalue weighted by Gasteiger charge is 2.17. The molecule has 1 fully saturated rings. The number of nitrogens with one attached hydrogen (secondary N) is 1. The van der Waals surface area contributed by atoms with Crippen LogP contribution in [0, 0.1) is 6.92 Å². The Morgan fingerprint density at radius 2 is 2.00 bits per heavy atom. The lowest BCUT2D eigenvalue weighted by molar-refractivity contribution is 0.0339. The second kappa shape index (κ2) is 7.07. The van der Waals surface area contributed by atoms with Crippen LogP contribution in [0.4, 0.5) is 0 Å². The zero-order valence-electron chi connectivity index (χ0n) is 12.7. The second-order valence-corrected chi connectivity index (χ2v) is 5.76. The summed E-state index contributed by atoms with van der Waals surface area (Å²) in [6, 6.07) is 6.39. The van der Waals surface area contributed by atoms with Crippen LogP contribution in [0.1, 0.15) is 31.0 Å². The van der Waals surface area contributed by atoms with E-state index >= 15 is 0 Å². The van der Waals surface area contributed by atoms with Crippen LogP contribution in [-0.4, -0.2) is 48.9 Å². The fraction of sp³-hybridized carbons (Fsp3) is 0.625. The van der Waals surface area contributed by atoms with Crippen LogP contribution >= 0.6 is 0 Å². The number of hydrogen-bond acceptors (Lipinski definition) is 4. The molecule has 20 heavy (non-hydrogen) atoms. The summed E-state index contributed by atoms with van der Waals surface area (Å²) >= 11 is 0. The molecule has 4 heteroatoms. The Morgan fingerprint density at radius 3 is 2.65 bits per heavy atom. The van der Waals surface area contributed by atoms with Crippen molar-refractivity contribution in [1.82, 2.24) is 10.2 Å². The first kappa shape index (κ1) is 15.3. The SMILES string of the molecule is Cc1ccc(C(C)NC(C)CN2CCOCC2)c(O)c1. The maximum Gasteiger partial charge on any atom is 0.120 e. The third kappa shape index (κ3) is 4.20. The summed E-state index contributed by atoms with van der Waals surface area (Å²) in [6.07, 6.45) is 0. The van der Waals surface area contributed by atoms with Gasteiger partial charge in [0, 0.05) is 37.3 Å². The predicted octanol–water partition coefficient (Wildman–Crippen LogP) is 2.07. The number of hydrogen-bond donors (Lipinski definition) is 2. The van der Waals surface area contributed by atoms with Crippen molar-refractivity contribution in [1.29, 1.82) is 0 Å². The van der Waals surface area contributed by atoms with Gasteiger partial charge >= 0.3 is 0 Å². The van der Waals surface area contributed by atoms with Gasteiger partial charge in [-0.15, -0.1) is 0 Å². The standard InChI is InChI=1S/C16H26N2O2/c1-12-4-5-15(16(19)10-12)14(3)17-13(2)11-18-6-8-20-9-7-18/h4-5,10,13-14,17,19H,6-9,11H2,1-3H3. The number of benzene rings is 1. The molecule has 4 nitrogen and oxygen atoms in total. The zero-order valence-corrected chi connectivity index (χ0v) is 12.7. The van der Waals surface area contributed by atoms with Crippen LogP contribution in [0.2, 0.25) is 0 Å². The van der Waals surface area contributed by atoms with E-state index in [1.165, 1.54) is 0 Å². The smallest absolute Gasteiger partial charge is 0.120 e. The van der Waals surface area contributed by atoms with Gasteiger partial charge in [-0.25, -0.2) is 0 Å². The van der Waals surface area contributed by atoms with Crippen LogP contribution < -0.4 is 5.32 Å². The highest BCUT2D eigenvalue weighted by molar-refractivity contribution is 5.37. The highest BCUT2D eigenvalue weighted by Crippen LogP contribution is 2.25. The van der Waals surface area contributed by atoms with Gasteiger partial charge in [0.05, 0.1) is 13.2 Å². The summed E-state index contributed by atoms with van der Waals surface area (Å²) in [7, 11) is 0. The van der Waals surface area contributed by atoms with Crippen molar-refractivity contribution in [2.24, 2.45) is 0 Å². The Hall–Kier alpha value is -1.10. The molecule has 0 aromatic heterocycles. The van der Waals surface area contributed by atoms with Crippen molar-refractivity contribution in [2.75, 3.05) is 32.8 Å². The van der Waals surface area contributed by atoms with E-state index in [1.54, 1.807) is 0 Å². The lowest BCUT2D eigenvalue weighted by atomic mass is 10.0. The van der Waals surface area contributed by atoms with E-state index in [1.807, 2.05) is 25.1 Å². The van der Waals surface area contributed by atoms with Gasteiger partial charge in [0.15, 0.2) is 0 Å². The molecule has 0 saturated carbocycles. The van der Waals surface area contributed by atoms with E-state index in [0.29, 0.717) is 11.8 Å². The Bertz CT molecular complexity index is 430. The van der Waals surface area contributed by atoms with Gasteiger partial charge < -0.3 is 15.2 Å². The zero-order chi connectivity index (χ0) is 14.5. The van der Waals surface area contributed by atoms with Crippen molar-refractivity contribution >= 4 is 0 Å². The molecule has 0 radical (unpaired) electrons. The molecule has 1 aliphatic rings. The molecule has 1 aromatic carbocycles. The minimum Gasteiger partial charge on any atom is -0.508 e. The third-order valence-corrected chi connectivity index (χ3v) is 3.82. The number of rotatable bonds is 5. The van der Waals surface area contributed by atoms with E-state index in [2.05, 4.69) is 24.1 Å². The summed E-state index contributed by atoms with van der Waals surface area (Å²) in [5, 5.41) is 13.6. The quantitative estimate of drug-likeness (QED) is 0.865. The Labute approximate surface area is 121 Å². The molecular weight excluding hydrogens is 252 g/mol. The van der Waals surface area contributed by atoms with Gasteiger partial charge in [-0.05, 0) is 32.4 Å². The molecule has 2 atom stereocenters. The van der Waals surface area contributed by atoms with Crippen LogP contribution in [-0.2, 0) is 4.74 Å². The maximum atomic E-state index is 10.0. The molecule has 112 valence electrons. The van der Waals surface area contributed by atoms with Gasteiger partial charge in [-0.1, -0.05) is 12.1 Å². The number of aryl methyl sites for hydroxylation is 1. The summed E-state index contributed by atoms with van der Waals surface area (Å²) in [6.45, 7) is 11.0. The van der Waals surface area contributed by atoms with E-state index < -0.39 is 0 Å². The van der Waals surface area contributed by atoms with Gasteiger partial charge in [-0.2, -0.15) is 0 Å². The Kier molecular flexibility index (Phi) is 5.40. The molecule has 1 aliphatic heterocycles. The molecular formula is C16H26N2O2. The highest BCUT2D eigenvalue weighted by atomic mass is 16.5. The average Bonchev–Trinajstić information content (AvgIpc) is 2.39. The number of phenolic OH excluding ortho intramolecular Hbond substituents is 1. The first-order valence-electron chi connectivity index (χ1n) is 7.42. The number of ether oxygens (including phenoxy) is 1. The summed E-state index contributed by atoms with van der Waals surface area (Å²) < 4.78 is 5.36. The van der Waals surface area contributed by atoms with Gasteiger partial charge in [0.25, 0.3) is 0 Å². The van der Waals surface area contributed by atoms with Crippen LogP contribution in [0.25, 0.3) is 0 Å². The normalized spacial score (nSPS) is 19.8. The Morgan fingerprint density at radius 1 is 1.30 bits per heavy atom. The second-order valence-electron chi connectivity index (χ2n) is 5.76. The summed E-state index contributed by atoms with van der Waals surface area (Å²) in [4.78, 5) is 2.42. The van der Waals surface area contributed by atoms with Crippen molar-refractivity contribution in [3.05, 3.63) is 29.3 Å². The predicted molar refractivity (Wildman–Crippen MR) is 81.1 cm³/mol. The molecule has 2 unspecified atom stereocenters. The monoisotopic (exact) mass is 278 g/mol. The molecule has 0 amide bonds. The van der Waals surface area contributed by atoms with Crippen molar-refractivity contribution < 1.29 is 9.84 Å². The number of phenols is 1. The molecule has 0 spiro atoms. The van der Waals surface area contributed by atoms with Crippen molar-refractivity contribution in [3.8, 4) is 5.75 Å². The van der Waals surface area contributed by atoms with E-state index in [4.69, 9.17) is 4.74 Å². The van der Waals surface area contributed by atoms with E-state index in [0.717, 1.165) is 44.0 Å². The van der Waals surface area contributed by atoms with Crippen molar-refractivity contribution in [3.63, 3.8) is 0 Å². The molecule has 1 aromatic rings. The summed E-state index contributed by atoms with van der Waals surface area (Å²) in [5.41, 5.74) is 2.05. The lowest BCUT2D eigenvalue weighted by Gasteiger charge is -2.30. The van der Waals surface area contributed by atoms with Gasteiger partial charge in [-0.3, -0.25) is 4.90 Å². The fourth-order valence-electron chi connectivity index (χ4n) is 2.76. The van der Waals surface area contributed by atoms with E-state index in [-0.39, 0.29) is 6.04 Å². The maximum absolute atomic E-state index is 10.0. The van der Waals surface area contributed by atoms with Crippen LogP contribution in [0.15, 0.2) is 18.2 Å². The molecule has 0 aliphatic carbocycles. The first-order chi connectivity index (χ1) is 9.56. The number of aromatic hydroxyl groups is 1. The Balaban J connectivity index is 1.87. The average molecular weight is 278 g/mol. The molecule has 2 N–H and O–H groups in total. The van der Waals surface area contributed by atoms with Crippen LogP contribution in [0.3, 0.4) is 0 Å². The van der Waals surface area contributed by atoms with E-state index in [9.17, 15) is 5.11 Å². The number of morpholine rings is 1. The molecule has 1 heterocycles. The van der Waals surface area contributed by atoms with Crippen molar-refractivity contribution in [2.45, 2.75) is 32.9 Å². The topological polar surface area (TPSA) is 44.7 Å². The van der Waals surface area contributed by atoms with Gasteiger partial charge in [0.1, 0.15) is 5.75 Å². The fourth-order valence-corrected chi connectivity index (χ4v) is 2.76. The molecule has 2 rings (SSSR count).